The molecule has 1 aliphatic carbocycles. The van der Waals surface area contributed by atoms with E-state index in [9.17, 15) is 4.79 Å². The second-order valence-corrected chi connectivity index (χ2v) is 6.97. The van der Waals surface area contributed by atoms with Crippen LogP contribution in [-0.4, -0.2) is 26.1 Å². The number of hydrogen-bond acceptors (Lipinski definition) is 5. The first-order valence-electron chi connectivity index (χ1n) is 7.97. The molecule has 2 heterocycles. The topological polar surface area (TPSA) is 72.7 Å². The Morgan fingerprint density at radius 2 is 1.96 bits per heavy atom. The second-order valence-electron chi connectivity index (χ2n) is 6.02. The molecule has 0 unspecified atom stereocenters. The molecule has 1 N–H and O–H groups in total. The third-order valence-corrected chi connectivity index (χ3v) is 5.70. The summed E-state index contributed by atoms with van der Waals surface area (Å²) >= 11 is 1.67. The molecular weight excluding hydrogens is 322 g/mol. The average Bonchev–Trinajstić information content (AvgIpc) is 3.36. The van der Waals surface area contributed by atoms with Crippen LogP contribution in [0.4, 0.5) is 5.69 Å². The summed E-state index contributed by atoms with van der Waals surface area (Å²) in [7, 11) is 0. The van der Waals surface area contributed by atoms with Gasteiger partial charge in [0.15, 0.2) is 0 Å². The van der Waals surface area contributed by atoms with Crippen LogP contribution < -0.4 is 5.32 Å². The molecular formula is C17H17N5OS. The highest BCUT2D eigenvalue weighted by Crippen LogP contribution is 2.43. The van der Waals surface area contributed by atoms with Crippen LogP contribution >= 0.6 is 11.3 Å². The van der Waals surface area contributed by atoms with Gasteiger partial charge in [-0.15, -0.1) is 16.4 Å². The van der Waals surface area contributed by atoms with E-state index in [1.807, 2.05) is 35.7 Å². The number of amides is 1. The quantitative estimate of drug-likeness (QED) is 0.792. The van der Waals surface area contributed by atoms with E-state index in [1.165, 1.54) is 11.2 Å². The molecule has 0 saturated heterocycles. The summed E-state index contributed by atoms with van der Waals surface area (Å²) in [6.45, 7) is 0. The highest BCUT2D eigenvalue weighted by molar-refractivity contribution is 7.10. The average molecular weight is 339 g/mol. The molecule has 1 aromatic carbocycles. The number of aromatic nitrogens is 4. The molecule has 0 spiro atoms. The van der Waals surface area contributed by atoms with Gasteiger partial charge < -0.3 is 5.32 Å². The number of rotatable bonds is 4. The molecule has 0 bridgehead atoms. The minimum absolute atomic E-state index is 0.0950. The lowest BCUT2D eigenvalue weighted by atomic mass is 9.83. The van der Waals surface area contributed by atoms with Crippen molar-refractivity contribution in [1.82, 2.24) is 20.2 Å². The molecule has 2 aromatic heterocycles. The van der Waals surface area contributed by atoms with Crippen molar-refractivity contribution in [3.05, 3.63) is 53.0 Å². The molecule has 122 valence electrons. The predicted octanol–water partition coefficient (Wildman–Crippen LogP) is 3.17. The molecule has 1 amide bonds. The first-order chi connectivity index (χ1) is 11.8. The second kappa shape index (κ2) is 6.16. The van der Waals surface area contributed by atoms with Gasteiger partial charge in [0.05, 0.1) is 11.1 Å². The van der Waals surface area contributed by atoms with E-state index in [1.54, 1.807) is 16.0 Å². The van der Waals surface area contributed by atoms with Crippen molar-refractivity contribution in [3.8, 4) is 5.69 Å². The molecule has 0 atom stereocenters. The Hall–Kier alpha value is -2.54. The lowest BCUT2D eigenvalue weighted by Gasteiger charge is -2.26. The number of benzene rings is 1. The van der Waals surface area contributed by atoms with Gasteiger partial charge in [0.1, 0.15) is 6.33 Å². The first-order valence-corrected chi connectivity index (χ1v) is 8.85. The smallest absolute Gasteiger partial charge is 0.235 e. The normalized spacial score (nSPS) is 16.2. The highest BCUT2D eigenvalue weighted by Gasteiger charge is 2.43. The highest BCUT2D eigenvalue weighted by atomic mass is 32.1. The first kappa shape index (κ1) is 15.0. The molecule has 6 nitrogen and oxygen atoms in total. The minimum atomic E-state index is -0.372. The van der Waals surface area contributed by atoms with Crippen LogP contribution in [0.1, 0.15) is 30.6 Å². The Labute approximate surface area is 143 Å². The van der Waals surface area contributed by atoms with Gasteiger partial charge in [-0.05, 0) is 59.0 Å². The maximum Gasteiger partial charge on any atom is 0.235 e. The number of anilines is 1. The van der Waals surface area contributed by atoms with E-state index < -0.39 is 0 Å². The summed E-state index contributed by atoms with van der Waals surface area (Å²) in [5, 5.41) is 16.2. The molecule has 24 heavy (non-hydrogen) atoms. The number of hydrogen-bond donors (Lipinski definition) is 1. The summed E-state index contributed by atoms with van der Waals surface area (Å²) in [5.74, 6) is 0.0950. The zero-order valence-corrected chi connectivity index (χ0v) is 13.9. The third-order valence-electron chi connectivity index (χ3n) is 4.62. The Morgan fingerprint density at radius 1 is 1.17 bits per heavy atom. The van der Waals surface area contributed by atoms with Crippen LogP contribution in [0.2, 0.25) is 0 Å². The van der Waals surface area contributed by atoms with Crippen molar-refractivity contribution < 1.29 is 4.79 Å². The van der Waals surface area contributed by atoms with Crippen LogP contribution in [0.15, 0.2) is 48.1 Å². The van der Waals surface area contributed by atoms with E-state index >= 15 is 0 Å². The van der Waals surface area contributed by atoms with E-state index in [0.29, 0.717) is 0 Å². The molecule has 1 aliphatic rings. The standard InChI is InChI=1S/C17H17N5OS/c23-16(17(9-1-2-10-17)15-4-3-11-24-15)19-13-5-7-14(8-6-13)22-12-18-20-21-22/h3-8,11-12H,1-2,9-10H2,(H,19,23). The van der Waals surface area contributed by atoms with Gasteiger partial charge in [0.2, 0.25) is 5.91 Å². The monoisotopic (exact) mass is 339 g/mol. The maximum atomic E-state index is 13.0. The van der Waals surface area contributed by atoms with E-state index in [-0.39, 0.29) is 11.3 Å². The summed E-state index contributed by atoms with van der Waals surface area (Å²) < 4.78 is 1.58. The molecule has 3 aromatic rings. The molecule has 7 heteroatoms. The van der Waals surface area contributed by atoms with Crippen LogP contribution in [0.3, 0.4) is 0 Å². The van der Waals surface area contributed by atoms with Gasteiger partial charge in [-0.25, -0.2) is 4.68 Å². The third kappa shape index (κ3) is 2.60. The van der Waals surface area contributed by atoms with Gasteiger partial charge in [-0.2, -0.15) is 0 Å². The van der Waals surface area contributed by atoms with Gasteiger partial charge in [-0.3, -0.25) is 4.79 Å². The van der Waals surface area contributed by atoms with Gasteiger partial charge in [0.25, 0.3) is 0 Å². The van der Waals surface area contributed by atoms with Crippen LogP contribution in [0, 0.1) is 0 Å². The van der Waals surface area contributed by atoms with E-state index in [4.69, 9.17) is 0 Å². The SMILES string of the molecule is O=C(Nc1ccc(-n2cnnn2)cc1)C1(c2cccs2)CCCC1. The van der Waals surface area contributed by atoms with Crippen molar-refractivity contribution in [2.75, 3.05) is 5.32 Å². The van der Waals surface area contributed by atoms with Gasteiger partial charge >= 0.3 is 0 Å². The van der Waals surface area contributed by atoms with Crippen molar-refractivity contribution in [2.45, 2.75) is 31.1 Å². The summed E-state index contributed by atoms with van der Waals surface area (Å²) in [6, 6.07) is 11.6. The molecule has 0 radical (unpaired) electrons. The Bertz CT molecular complexity index is 805. The summed E-state index contributed by atoms with van der Waals surface area (Å²) in [4.78, 5) is 14.2. The zero-order chi connectivity index (χ0) is 16.4. The lowest BCUT2D eigenvalue weighted by Crippen LogP contribution is -2.37. The number of nitrogens with zero attached hydrogens (tertiary/aromatic N) is 4. The van der Waals surface area contributed by atoms with Crippen molar-refractivity contribution in [2.24, 2.45) is 0 Å². The van der Waals surface area contributed by atoms with Gasteiger partial charge in [0, 0.05) is 10.6 Å². The lowest BCUT2D eigenvalue weighted by molar-refractivity contribution is -0.121. The van der Waals surface area contributed by atoms with E-state index in [2.05, 4.69) is 26.9 Å². The van der Waals surface area contributed by atoms with Crippen molar-refractivity contribution >= 4 is 22.9 Å². The predicted molar refractivity (Wildman–Crippen MR) is 92.2 cm³/mol. The fourth-order valence-electron chi connectivity index (χ4n) is 3.34. The fraction of sp³-hybridized carbons (Fsp3) is 0.294. The molecule has 4 rings (SSSR count). The van der Waals surface area contributed by atoms with Crippen molar-refractivity contribution in [1.29, 1.82) is 0 Å². The Balaban J connectivity index is 1.55. The minimum Gasteiger partial charge on any atom is -0.325 e. The van der Waals surface area contributed by atoms with Gasteiger partial charge in [-0.1, -0.05) is 18.9 Å². The zero-order valence-electron chi connectivity index (χ0n) is 13.1. The Kier molecular flexibility index (Phi) is 3.86. The molecule has 1 fully saturated rings. The number of carbonyl (C=O) groups excluding carboxylic acids is 1. The summed E-state index contributed by atoms with van der Waals surface area (Å²) in [5.41, 5.74) is 1.27. The van der Waals surface area contributed by atoms with Crippen molar-refractivity contribution in [3.63, 3.8) is 0 Å². The number of carbonyl (C=O) groups is 1. The Morgan fingerprint density at radius 3 is 2.58 bits per heavy atom. The maximum absolute atomic E-state index is 13.0. The molecule has 1 saturated carbocycles. The number of tetrazole rings is 1. The number of nitrogens with one attached hydrogen (secondary N) is 1. The van der Waals surface area contributed by atoms with Crippen LogP contribution in [-0.2, 0) is 10.2 Å². The van der Waals surface area contributed by atoms with Crippen LogP contribution in [0.5, 0.6) is 0 Å². The summed E-state index contributed by atoms with van der Waals surface area (Å²) in [6.07, 6.45) is 5.58. The van der Waals surface area contributed by atoms with Crippen LogP contribution in [0.25, 0.3) is 5.69 Å². The largest absolute Gasteiger partial charge is 0.325 e. The number of thiophene rings is 1. The van der Waals surface area contributed by atoms with E-state index in [0.717, 1.165) is 37.1 Å². The molecule has 0 aliphatic heterocycles. The fourth-order valence-corrected chi connectivity index (χ4v) is 4.33.